The molecule has 3 heterocycles. The molecule has 7 nitrogen and oxygen atoms in total. The lowest BCUT2D eigenvalue weighted by Crippen LogP contribution is -2.47. The Kier molecular flexibility index (Phi) is 5.19. The van der Waals surface area contributed by atoms with Gasteiger partial charge in [0.1, 0.15) is 5.69 Å². The lowest BCUT2D eigenvalue weighted by Gasteiger charge is -2.35. The van der Waals surface area contributed by atoms with E-state index in [1.165, 1.54) is 35.6 Å². The van der Waals surface area contributed by atoms with Crippen molar-refractivity contribution in [3.63, 3.8) is 0 Å². The molecule has 3 aromatic rings. The van der Waals surface area contributed by atoms with Gasteiger partial charge in [-0.2, -0.15) is 13.2 Å². The molecule has 1 unspecified atom stereocenters. The number of halogens is 4. The fraction of sp³-hybridized carbons (Fsp3) is 0.316. The second-order valence-corrected chi connectivity index (χ2v) is 7.20. The SMILES string of the molecule is CCC1Cn2c(nnc2-c2cnccn2)C(=O)N1Cc1cccc(C(F)(F)F)c1Cl. The summed E-state index contributed by atoms with van der Waals surface area (Å²) in [5.74, 6) is 0.0920. The Balaban J connectivity index is 1.69. The van der Waals surface area contributed by atoms with Gasteiger partial charge in [-0.25, -0.2) is 4.98 Å². The average molecular weight is 437 g/mol. The molecule has 4 rings (SSSR count). The van der Waals surface area contributed by atoms with E-state index in [-0.39, 0.29) is 24.0 Å². The summed E-state index contributed by atoms with van der Waals surface area (Å²) in [5, 5.41) is 7.67. The third-order valence-corrected chi connectivity index (χ3v) is 5.47. The average Bonchev–Trinajstić information content (AvgIpc) is 3.15. The quantitative estimate of drug-likeness (QED) is 0.621. The van der Waals surface area contributed by atoms with Gasteiger partial charge in [0, 0.05) is 25.5 Å². The Bertz CT molecular complexity index is 1090. The molecule has 0 bridgehead atoms. The standard InChI is InChI=1S/C19H16ClF3N6O/c1-2-12-10-29-16(14-8-24-6-7-25-14)26-27-17(29)18(30)28(12)9-11-4-3-5-13(15(11)20)19(21,22)23/h3-8,12H,2,9-10H2,1H3. The van der Waals surface area contributed by atoms with Crippen molar-refractivity contribution < 1.29 is 18.0 Å². The van der Waals surface area contributed by atoms with E-state index in [0.717, 1.165) is 6.07 Å². The third-order valence-electron chi connectivity index (χ3n) is 5.03. The van der Waals surface area contributed by atoms with E-state index in [9.17, 15) is 18.0 Å². The van der Waals surface area contributed by atoms with Crippen molar-refractivity contribution in [3.8, 4) is 11.5 Å². The number of alkyl halides is 3. The third kappa shape index (κ3) is 3.51. The van der Waals surface area contributed by atoms with Gasteiger partial charge in [0.25, 0.3) is 5.91 Å². The first kappa shape index (κ1) is 20.3. The molecule has 0 fully saturated rings. The van der Waals surface area contributed by atoms with E-state index >= 15 is 0 Å². The molecule has 156 valence electrons. The normalized spacial score (nSPS) is 16.6. The molecule has 1 aliphatic heterocycles. The molecule has 1 amide bonds. The van der Waals surface area contributed by atoms with Crippen LogP contribution in [0.15, 0.2) is 36.8 Å². The van der Waals surface area contributed by atoms with Gasteiger partial charge in [-0.1, -0.05) is 30.7 Å². The Morgan fingerprint density at radius 2 is 1.97 bits per heavy atom. The molecule has 30 heavy (non-hydrogen) atoms. The molecule has 0 aliphatic carbocycles. The fourth-order valence-electron chi connectivity index (χ4n) is 3.50. The van der Waals surface area contributed by atoms with Crippen LogP contribution in [0.1, 0.15) is 35.1 Å². The lowest BCUT2D eigenvalue weighted by atomic mass is 10.1. The largest absolute Gasteiger partial charge is 0.417 e. The van der Waals surface area contributed by atoms with Crippen molar-refractivity contribution in [3.05, 3.63) is 58.8 Å². The van der Waals surface area contributed by atoms with Gasteiger partial charge in [-0.3, -0.25) is 14.3 Å². The van der Waals surface area contributed by atoms with Gasteiger partial charge in [0.05, 0.1) is 22.8 Å². The van der Waals surface area contributed by atoms with Gasteiger partial charge in [-0.15, -0.1) is 10.2 Å². The van der Waals surface area contributed by atoms with E-state index in [0.29, 0.717) is 24.5 Å². The molecule has 0 saturated heterocycles. The number of nitrogens with zero attached hydrogens (tertiary/aromatic N) is 6. The molecule has 0 saturated carbocycles. The second-order valence-electron chi connectivity index (χ2n) is 6.82. The van der Waals surface area contributed by atoms with E-state index in [1.54, 1.807) is 4.57 Å². The highest BCUT2D eigenvalue weighted by molar-refractivity contribution is 6.32. The molecule has 1 atom stereocenters. The van der Waals surface area contributed by atoms with E-state index in [1.807, 2.05) is 6.92 Å². The Morgan fingerprint density at radius 1 is 1.20 bits per heavy atom. The molecule has 11 heteroatoms. The van der Waals surface area contributed by atoms with Crippen molar-refractivity contribution in [1.82, 2.24) is 29.6 Å². The number of rotatable bonds is 4. The highest BCUT2D eigenvalue weighted by Crippen LogP contribution is 2.37. The summed E-state index contributed by atoms with van der Waals surface area (Å²) < 4.78 is 41.2. The minimum Gasteiger partial charge on any atom is -0.327 e. The first-order valence-electron chi connectivity index (χ1n) is 9.16. The van der Waals surface area contributed by atoms with E-state index in [2.05, 4.69) is 20.2 Å². The molecule has 0 spiro atoms. The van der Waals surface area contributed by atoms with Crippen LogP contribution in [0, 0.1) is 0 Å². The topological polar surface area (TPSA) is 76.8 Å². The maximum absolute atomic E-state index is 13.2. The summed E-state index contributed by atoms with van der Waals surface area (Å²) in [6.45, 7) is 2.22. The van der Waals surface area contributed by atoms with Crippen LogP contribution in [-0.2, 0) is 19.3 Å². The van der Waals surface area contributed by atoms with Crippen molar-refractivity contribution in [2.24, 2.45) is 0 Å². The highest BCUT2D eigenvalue weighted by atomic mass is 35.5. The lowest BCUT2D eigenvalue weighted by molar-refractivity contribution is -0.137. The van der Waals surface area contributed by atoms with Crippen LogP contribution in [0.5, 0.6) is 0 Å². The molecule has 2 aromatic heterocycles. The summed E-state index contributed by atoms with van der Waals surface area (Å²) >= 11 is 6.03. The Morgan fingerprint density at radius 3 is 2.63 bits per heavy atom. The number of amides is 1. The zero-order valence-electron chi connectivity index (χ0n) is 15.8. The van der Waals surface area contributed by atoms with Crippen molar-refractivity contribution in [2.75, 3.05) is 0 Å². The number of benzene rings is 1. The number of hydrogen-bond acceptors (Lipinski definition) is 5. The molecule has 0 N–H and O–H groups in total. The predicted octanol–water partition coefficient (Wildman–Crippen LogP) is 3.84. The van der Waals surface area contributed by atoms with Gasteiger partial charge in [0.15, 0.2) is 5.82 Å². The van der Waals surface area contributed by atoms with Crippen LogP contribution < -0.4 is 0 Å². The maximum atomic E-state index is 13.2. The second kappa shape index (κ2) is 7.67. The fourth-order valence-corrected chi connectivity index (χ4v) is 3.79. The highest BCUT2D eigenvalue weighted by Gasteiger charge is 2.37. The first-order chi connectivity index (χ1) is 14.3. The summed E-state index contributed by atoms with van der Waals surface area (Å²) in [7, 11) is 0. The minimum atomic E-state index is -4.57. The Hall–Kier alpha value is -3.01. The molecule has 1 aliphatic rings. The minimum absolute atomic E-state index is 0.0621. The summed E-state index contributed by atoms with van der Waals surface area (Å²) in [6.07, 6.45) is 0.574. The number of carbonyl (C=O) groups excluding carboxylic acids is 1. The summed E-state index contributed by atoms with van der Waals surface area (Å²) in [4.78, 5) is 22.8. The van der Waals surface area contributed by atoms with E-state index in [4.69, 9.17) is 11.6 Å². The van der Waals surface area contributed by atoms with Crippen LogP contribution in [0.3, 0.4) is 0 Å². The van der Waals surface area contributed by atoms with Crippen molar-refractivity contribution in [1.29, 1.82) is 0 Å². The first-order valence-corrected chi connectivity index (χ1v) is 9.54. The zero-order valence-corrected chi connectivity index (χ0v) is 16.5. The van der Waals surface area contributed by atoms with Gasteiger partial charge in [0.2, 0.25) is 5.82 Å². The van der Waals surface area contributed by atoms with Crippen LogP contribution in [-0.4, -0.2) is 41.6 Å². The summed E-state index contributed by atoms with van der Waals surface area (Å²) in [5.41, 5.74) is -0.221. The molecular formula is C19H16ClF3N6O. The number of aromatic nitrogens is 5. The summed E-state index contributed by atoms with van der Waals surface area (Å²) in [6, 6.07) is 3.42. The van der Waals surface area contributed by atoms with Crippen LogP contribution in [0.25, 0.3) is 11.5 Å². The van der Waals surface area contributed by atoms with Crippen LogP contribution >= 0.6 is 11.6 Å². The Labute approximate surface area is 174 Å². The van der Waals surface area contributed by atoms with Crippen LogP contribution in [0.4, 0.5) is 13.2 Å². The van der Waals surface area contributed by atoms with Crippen molar-refractivity contribution in [2.45, 2.75) is 38.7 Å². The number of fused-ring (bicyclic) bond motifs is 1. The monoisotopic (exact) mass is 436 g/mol. The predicted molar refractivity (Wildman–Crippen MR) is 101 cm³/mol. The van der Waals surface area contributed by atoms with Gasteiger partial charge >= 0.3 is 6.18 Å². The number of carbonyl (C=O) groups is 1. The smallest absolute Gasteiger partial charge is 0.327 e. The zero-order chi connectivity index (χ0) is 21.5. The van der Waals surface area contributed by atoms with Crippen LogP contribution in [0.2, 0.25) is 5.02 Å². The molecular weight excluding hydrogens is 421 g/mol. The van der Waals surface area contributed by atoms with Gasteiger partial charge in [-0.05, 0) is 18.1 Å². The van der Waals surface area contributed by atoms with Gasteiger partial charge < -0.3 is 4.90 Å². The van der Waals surface area contributed by atoms with Crippen molar-refractivity contribution >= 4 is 17.5 Å². The molecule has 1 aromatic carbocycles. The maximum Gasteiger partial charge on any atom is 0.417 e. The number of hydrogen-bond donors (Lipinski definition) is 0. The van der Waals surface area contributed by atoms with E-state index < -0.39 is 22.7 Å². The molecule has 0 radical (unpaired) electrons.